The molecule has 0 bridgehead atoms. The minimum Gasteiger partial charge on any atom is -0.399 e. The molecule has 5 N–H and O–H groups in total. The van der Waals surface area contributed by atoms with Gasteiger partial charge >= 0.3 is 0 Å². The molecule has 5 heteroatoms. The molecule has 0 saturated carbocycles. The van der Waals surface area contributed by atoms with Crippen molar-refractivity contribution in [3.05, 3.63) is 67.0 Å². The van der Waals surface area contributed by atoms with Crippen molar-refractivity contribution < 1.29 is 0 Å². The summed E-state index contributed by atoms with van der Waals surface area (Å²) in [7, 11) is 2.07. The number of nitrogens with zero attached hydrogens (tertiary/aromatic N) is 1. The molecule has 1 aromatic carbocycles. The number of piperidine rings is 1. The van der Waals surface area contributed by atoms with Crippen LogP contribution in [0.1, 0.15) is 43.7 Å². The fourth-order valence-corrected chi connectivity index (χ4v) is 3.81. The SMILES string of the molecule is C=Cc1c(NC/C(N)=C/NC2CCNCC2)cccc1C(=C)N(C)C(C=C)CCC. The number of rotatable bonds is 12. The Bertz CT molecular complexity index is 746. The highest BCUT2D eigenvalue weighted by Gasteiger charge is 2.16. The molecule has 1 aromatic rings. The highest BCUT2D eigenvalue weighted by Crippen LogP contribution is 2.29. The van der Waals surface area contributed by atoms with Gasteiger partial charge in [-0.15, -0.1) is 6.58 Å². The molecule has 2 rings (SSSR count). The molecule has 1 heterocycles. The van der Waals surface area contributed by atoms with Crippen LogP contribution in [0.2, 0.25) is 0 Å². The molecule has 1 aliphatic heterocycles. The molecule has 5 nitrogen and oxygen atoms in total. The highest BCUT2D eigenvalue weighted by molar-refractivity contribution is 5.79. The Morgan fingerprint density at radius 3 is 2.70 bits per heavy atom. The van der Waals surface area contributed by atoms with Crippen molar-refractivity contribution in [1.29, 1.82) is 0 Å². The molecule has 0 radical (unpaired) electrons. The van der Waals surface area contributed by atoms with Crippen molar-refractivity contribution in [2.24, 2.45) is 5.73 Å². The summed E-state index contributed by atoms with van der Waals surface area (Å²) in [6.45, 7) is 17.2. The van der Waals surface area contributed by atoms with Gasteiger partial charge in [0, 0.05) is 53.5 Å². The smallest absolute Gasteiger partial charge is 0.0560 e. The van der Waals surface area contributed by atoms with E-state index in [1.807, 2.05) is 24.4 Å². The topological polar surface area (TPSA) is 65.3 Å². The number of likely N-dealkylation sites (N-methyl/N-ethyl adjacent to an activating group) is 1. The Labute approximate surface area is 182 Å². The van der Waals surface area contributed by atoms with Gasteiger partial charge in [0.25, 0.3) is 0 Å². The summed E-state index contributed by atoms with van der Waals surface area (Å²) in [4.78, 5) is 2.19. The Balaban J connectivity index is 2.07. The summed E-state index contributed by atoms with van der Waals surface area (Å²) in [5.74, 6) is 0. The second-order valence-electron chi connectivity index (χ2n) is 7.88. The van der Waals surface area contributed by atoms with Gasteiger partial charge in [-0.3, -0.25) is 0 Å². The lowest BCUT2D eigenvalue weighted by molar-refractivity contribution is 0.383. The fourth-order valence-electron chi connectivity index (χ4n) is 3.81. The van der Waals surface area contributed by atoms with Crippen LogP contribution in [0.3, 0.4) is 0 Å². The normalized spacial score (nSPS) is 15.9. The monoisotopic (exact) mass is 409 g/mol. The fraction of sp³-hybridized carbons (Fsp3) is 0.440. The molecule has 164 valence electrons. The predicted molar refractivity (Wildman–Crippen MR) is 132 cm³/mol. The van der Waals surface area contributed by atoms with Gasteiger partial charge in [0.05, 0.1) is 6.54 Å². The van der Waals surface area contributed by atoms with Crippen LogP contribution in [0.15, 0.2) is 55.9 Å². The van der Waals surface area contributed by atoms with Gasteiger partial charge in [0.2, 0.25) is 0 Å². The molecule has 1 aliphatic rings. The first-order valence-corrected chi connectivity index (χ1v) is 11.0. The van der Waals surface area contributed by atoms with Crippen LogP contribution in [0.25, 0.3) is 11.8 Å². The van der Waals surface area contributed by atoms with Crippen molar-refractivity contribution in [1.82, 2.24) is 15.5 Å². The molecule has 1 fully saturated rings. The second kappa shape index (κ2) is 12.1. The second-order valence-corrected chi connectivity index (χ2v) is 7.88. The quantitative estimate of drug-likeness (QED) is 0.391. The van der Waals surface area contributed by atoms with E-state index in [0.717, 1.165) is 67.0 Å². The van der Waals surface area contributed by atoms with Gasteiger partial charge in [-0.2, -0.15) is 0 Å². The first-order valence-electron chi connectivity index (χ1n) is 11.0. The van der Waals surface area contributed by atoms with Gasteiger partial charge in [-0.05, 0) is 38.4 Å². The van der Waals surface area contributed by atoms with Gasteiger partial charge < -0.3 is 26.6 Å². The van der Waals surface area contributed by atoms with E-state index < -0.39 is 0 Å². The van der Waals surface area contributed by atoms with E-state index in [2.05, 4.69) is 66.7 Å². The summed E-state index contributed by atoms with van der Waals surface area (Å²) in [6, 6.07) is 6.94. The average Bonchev–Trinajstić information content (AvgIpc) is 2.79. The van der Waals surface area contributed by atoms with Crippen LogP contribution in [0, 0.1) is 0 Å². The maximum absolute atomic E-state index is 6.23. The predicted octanol–water partition coefficient (Wildman–Crippen LogP) is 4.14. The molecule has 0 aliphatic carbocycles. The molecule has 0 aromatic heterocycles. The van der Waals surface area contributed by atoms with E-state index in [1.54, 1.807) is 0 Å². The zero-order chi connectivity index (χ0) is 21.9. The summed E-state index contributed by atoms with van der Waals surface area (Å²) in [5, 5.41) is 10.3. The van der Waals surface area contributed by atoms with Crippen molar-refractivity contribution in [2.75, 3.05) is 32.0 Å². The number of nitrogens with two attached hydrogens (primary N) is 1. The number of benzene rings is 1. The third kappa shape index (κ3) is 6.42. The van der Waals surface area contributed by atoms with Gasteiger partial charge in [0.15, 0.2) is 0 Å². The third-order valence-corrected chi connectivity index (χ3v) is 5.73. The van der Waals surface area contributed by atoms with Crippen LogP contribution in [0.5, 0.6) is 0 Å². The number of hydrogen-bond acceptors (Lipinski definition) is 5. The standard InChI is InChI=1S/C25H39N5/c1-6-10-22(7-2)30(5)19(4)24-11-9-12-25(23(24)8-3)29-18-20(26)17-28-21-13-15-27-16-14-21/h7-9,11-12,17,21-22,27-29H,2-4,6,10,13-16,18,26H2,1,5H3/b20-17-. The van der Waals surface area contributed by atoms with E-state index in [4.69, 9.17) is 5.73 Å². The lowest BCUT2D eigenvalue weighted by atomic mass is 10.0. The molecule has 1 saturated heterocycles. The van der Waals surface area contributed by atoms with Gasteiger partial charge in [-0.25, -0.2) is 0 Å². The van der Waals surface area contributed by atoms with Crippen molar-refractivity contribution in [3.63, 3.8) is 0 Å². The van der Waals surface area contributed by atoms with E-state index in [9.17, 15) is 0 Å². The molecule has 0 amide bonds. The van der Waals surface area contributed by atoms with Crippen molar-refractivity contribution in [3.8, 4) is 0 Å². The highest BCUT2D eigenvalue weighted by atomic mass is 15.1. The summed E-state index contributed by atoms with van der Waals surface area (Å²) >= 11 is 0. The Morgan fingerprint density at radius 2 is 2.07 bits per heavy atom. The third-order valence-electron chi connectivity index (χ3n) is 5.73. The molecule has 30 heavy (non-hydrogen) atoms. The molecule has 1 atom stereocenters. The van der Waals surface area contributed by atoms with Crippen LogP contribution >= 0.6 is 0 Å². The van der Waals surface area contributed by atoms with Gasteiger partial charge in [-0.1, -0.05) is 50.8 Å². The largest absolute Gasteiger partial charge is 0.399 e. The van der Waals surface area contributed by atoms with E-state index in [1.165, 1.54) is 0 Å². The minimum atomic E-state index is 0.261. The number of nitrogens with one attached hydrogen (secondary N) is 3. The van der Waals surface area contributed by atoms with Crippen LogP contribution in [-0.2, 0) is 0 Å². The van der Waals surface area contributed by atoms with Crippen LogP contribution in [-0.4, -0.2) is 43.7 Å². The Hall–Kier alpha value is -2.66. The van der Waals surface area contributed by atoms with Crippen molar-refractivity contribution in [2.45, 2.75) is 44.7 Å². The first-order chi connectivity index (χ1) is 14.5. The zero-order valence-corrected chi connectivity index (χ0v) is 18.7. The summed E-state index contributed by atoms with van der Waals surface area (Å²) in [5.41, 5.74) is 11.1. The maximum Gasteiger partial charge on any atom is 0.0560 e. The van der Waals surface area contributed by atoms with Gasteiger partial charge in [0.1, 0.15) is 0 Å². The minimum absolute atomic E-state index is 0.261. The lowest BCUT2D eigenvalue weighted by Crippen LogP contribution is -2.38. The van der Waals surface area contributed by atoms with E-state index in [0.29, 0.717) is 12.6 Å². The number of anilines is 1. The summed E-state index contributed by atoms with van der Waals surface area (Å²) < 4.78 is 0. The Kier molecular flexibility index (Phi) is 9.55. The van der Waals surface area contributed by atoms with E-state index >= 15 is 0 Å². The summed E-state index contributed by atoms with van der Waals surface area (Å²) in [6.07, 6.45) is 10.2. The molecular weight excluding hydrogens is 370 g/mol. The average molecular weight is 410 g/mol. The van der Waals surface area contributed by atoms with Crippen molar-refractivity contribution >= 4 is 17.5 Å². The number of hydrogen-bond donors (Lipinski definition) is 4. The van der Waals surface area contributed by atoms with E-state index in [-0.39, 0.29) is 6.04 Å². The molecular formula is C25H39N5. The molecule has 1 unspecified atom stereocenters. The Morgan fingerprint density at radius 1 is 1.33 bits per heavy atom. The lowest BCUT2D eigenvalue weighted by Gasteiger charge is -2.30. The van der Waals surface area contributed by atoms with Crippen LogP contribution < -0.4 is 21.7 Å². The maximum atomic E-state index is 6.23. The zero-order valence-electron chi connectivity index (χ0n) is 18.7. The molecule has 0 spiro atoms. The van der Waals surface area contributed by atoms with Crippen LogP contribution in [0.4, 0.5) is 5.69 Å². The first kappa shape index (κ1) is 23.6.